The first-order valence-electron chi connectivity index (χ1n) is 5.63. The van der Waals surface area contributed by atoms with Crippen molar-refractivity contribution in [3.05, 3.63) is 27.7 Å². The van der Waals surface area contributed by atoms with E-state index < -0.39 is 26.3 Å². The SMILES string of the molecule is CC(C)(C#N)CNS(=O)(=O)c1cc(C(=O)O)c(Cl)cc1Cl. The van der Waals surface area contributed by atoms with Gasteiger partial charge in [0.05, 0.1) is 27.1 Å². The number of carboxylic acid groups (broad SMARTS) is 1. The van der Waals surface area contributed by atoms with Gasteiger partial charge in [0.2, 0.25) is 10.0 Å². The molecule has 2 N–H and O–H groups in total. The number of nitrogens with zero attached hydrogens (tertiary/aromatic N) is 1. The Morgan fingerprint density at radius 3 is 2.43 bits per heavy atom. The predicted octanol–water partition coefficient (Wildman–Crippen LogP) is 2.52. The summed E-state index contributed by atoms with van der Waals surface area (Å²) in [4.78, 5) is 10.6. The van der Waals surface area contributed by atoms with E-state index in [2.05, 4.69) is 4.72 Å². The fourth-order valence-corrected chi connectivity index (χ4v) is 3.36. The van der Waals surface area contributed by atoms with Crippen LogP contribution in [0.2, 0.25) is 10.0 Å². The Balaban J connectivity index is 3.24. The summed E-state index contributed by atoms with van der Waals surface area (Å²) in [5, 5.41) is 17.5. The highest BCUT2D eigenvalue weighted by Crippen LogP contribution is 2.29. The highest BCUT2D eigenvalue weighted by molar-refractivity contribution is 7.89. The monoisotopic (exact) mass is 350 g/mol. The summed E-state index contributed by atoms with van der Waals surface area (Å²) in [7, 11) is -4.06. The van der Waals surface area contributed by atoms with Crippen molar-refractivity contribution in [1.29, 1.82) is 5.26 Å². The Morgan fingerprint density at radius 1 is 1.38 bits per heavy atom. The number of aromatic carboxylic acids is 1. The van der Waals surface area contributed by atoms with Crippen LogP contribution in [0.5, 0.6) is 0 Å². The topological polar surface area (TPSA) is 107 Å². The Hall–Kier alpha value is -1.33. The zero-order chi connectivity index (χ0) is 16.4. The second-order valence-corrected chi connectivity index (χ2v) is 7.44. The number of hydrogen-bond acceptors (Lipinski definition) is 4. The second-order valence-electron chi connectivity index (χ2n) is 4.89. The third kappa shape index (κ3) is 4.32. The van der Waals surface area contributed by atoms with Gasteiger partial charge in [0.25, 0.3) is 0 Å². The van der Waals surface area contributed by atoms with Gasteiger partial charge < -0.3 is 5.11 Å². The molecule has 1 rings (SSSR count). The molecule has 0 aliphatic rings. The summed E-state index contributed by atoms with van der Waals surface area (Å²) in [5.74, 6) is -1.37. The number of sulfonamides is 1. The van der Waals surface area contributed by atoms with Crippen LogP contribution in [0, 0.1) is 16.7 Å². The molecule has 9 heteroatoms. The number of rotatable bonds is 5. The minimum atomic E-state index is -4.06. The van der Waals surface area contributed by atoms with E-state index in [1.54, 1.807) is 13.8 Å². The standard InChI is InChI=1S/C12H12Cl2N2O4S/c1-12(2,5-15)6-16-21(19,20)10-3-7(11(17)18)8(13)4-9(10)14/h3-4,16H,6H2,1-2H3,(H,17,18). The van der Waals surface area contributed by atoms with Crippen LogP contribution in [0.15, 0.2) is 17.0 Å². The van der Waals surface area contributed by atoms with Gasteiger partial charge in [-0.3, -0.25) is 0 Å². The molecular weight excluding hydrogens is 339 g/mol. The van der Waals surface area contributed by atoms with Crippen molar-refractivity contribution in [1.82, 2.24) is 4.72 Å². The van der Waals surface area contributed by atoms with Crippen LogP contribution >= 0.6 is 23.2 Å². The molecule has 0 aliphatic carbocycles. The molecule has 0 spiro atoms. The van der Waals surface area contributed by atoms with Crippen molar-refractivity contribution >= 4 is 39.2 Å². The van der Waals surface area contributed by atoms with E-state index in [0.717, 1.165) is 12.1 Å². The molecule has 114 valence electrons. The summed E-state index contributed by atoms with van der Waals surface area (Å²) in [6.07, 6.45) is 0. The summed E-state index contributed by atoms with van der Waals surface area (Å²) >= 11 is 11.5. The molecule has 0 atom stereocenters. The Morgan fingerprint density at radius 2 is 1.95 bits per heavy atom. The molecule has 1 aromatic carbocycles. The third-order valence-corrected chi connectivity index (χ3v) is 4.73. The van der Waals surface area contributed by atoms with Crippen LogP contribution in [0.25, 0.3) is 0 Å². The number of nitriles is 1. The summed E-state index contributed by atoms with van der Waals surface area (Å²) in [6, 6.07) is 3.88. The Bertz CT molecular complexity index is 724. The van der Waals surface area contributed by atoms with Crippen molar-refractivity contribution < 1.29 is 18.3 Å². The summed E-state index contributed by atoms with van der Waals surface area (Å²) < 4.78 is 26.5. The highest BCUT2D eigenvalue weighted by Gasteiger charge is 2.25. The molecule has 0 aliphatic heterocycles. The number of carbonyl (C=O) groups is 1. The van der Waals surface area contributed by atoms with Crippen LogP contribution in [-0.2, 0) is 10.0 Å². The largest absolute Gasteiger partial charge is 0.478 e. The minimum absolute atomic E-state index is 0.146. The Kier molecular flexibility index (Phi) is 5.23. The normalized spacial score (nSPS) is 12.0. The van der Waals surface area contributed by atoms with E-state index in [4.69, 9.17) is 33.6 Å². The zero-order valence-corrected chi connectivity index (χ0v) is 13.5. The molecule has 0 aromatic heterocycles. The van der Waals surface area contributed by atoms with E-state index >= 15 is 0 Å². The maximum Gasteiger partial charge on any atom is 0.337 e. The lowest BCUT2D eigenvalue weighted by molar-refractivity contribution is 0.0697. The van der Waals surface area contributed by atoms with Gasteiger partial charge in [-0.05, 0) is 26.0 Å². The maximum absolute atomic E-state index is 12.2. The molecule has 0 fully saturated rings. The van der Waals surface area contributed by atoms with E-state index in [9.17, 15) is 13.2 Å². The summed E-state index contributed by atoms with van der Waals surface area (Å²) in [6.45, 7) is 2.97. The molecule has 21 heavy (non-hydrogen) atoms. The van der Waals surface area contributed by atoms with Gasteiger partial charge in [-0.1, -0.05) is 23.2 Å². The second kappa shape index (κ2) is 6.20. The van der Waals surface area contributed by atoms with Crippen molar-refractivity contribution in [2.75, 3.05) is 6.54 Å². The maximum atomic E-state index is 12.2. The summed E-state index contributed by atoms with van der Waals surface area (Å²) in [5.41, 5.74) is -1.29. The van der Waals surface area contributed by atoms with E-state index in [-0.39, 0.29) is 22.2 Å². The number of halogens is 2. The van der Waals surface area contributed by atoms with Crippen molar-refractivity contribution in [2.24, 2.45) is 5.41 Å². The lowest BCUT2D eigenvalue weighted by Crippen LogP contribution is -2.33. The third-order valence-electron chi connectivity index (χ3n) is 2.55. The molecule has 0 saturated heterocycles. The zero-order valence-electron chi connectivity index (χ0n) is 11.1. The molecule has 0 unspecified atom stereocenters. The van der Waals surface area contributed by atoms with Gasteiger partial charge in [0, 0.05) is 6.54 Å². The van der Waals surface area contributed by atoms with Crippen LogP contribution in [0.3, 0.4) is 0 Å². The van der Waals surface area contributed by atoms with Gasteiger partial charge in [0.1, 0.15) is 4.90 Å². The fourth-order valence-electron chi connectivity index (χ4n) is 1.29. The van der Waals surface area contributed by atoms with Crippen molar-refractivity contribution in [3.63, 3.8) is 0 Å². The number of nitrogens with one attached hydrogen (secondary N) is 1. The van der Waals surface area contributed by atoms with Crippen LogP contribution < -0.4 is 4.72 Å². The number of benzene rings is 1. The van der Waals surface area contributed by atoms with Crippen molar-refractivity contribution in [2.45, 2.75) is 18.7 Å². The quantitative estimate of drug-likeness (QED) is 0.848. The van der Waals surface area contributed by atoms with Gasteiger partial charge >= 0.3 is 5.97 Å². The highest BCUT2D eigenvalue weighted by atomic mass is 35.5. The van der Waals surface area contributed by atoms with Crippen LogP contribution in [0.1, 0.15) is 24.2 Å². The van der Waals surface area contributed by atoms with E-state index in [1.807, 2.05) is 6.07 Å². The molecular formula is C12H12Cl2N2O4S. The first-order valence-corrected chi connectivity index (χ1v) is 7.87. The number of hydrogen-bond donors (Lipinski definition) is 2. The minimum Gasteiger partial charge on any atom is -0.478 e. The average Bonchev–Trinajstić information content (AvgIpc) is 2.36. The molecule has 0 bridgehead atoms. The van der Waals surface area contributed by atoms with Gasteiger partial charge in [-0.15, -0.1) is 0 Å². The smallest absolute Gasteiger partial charge is 0.337 e. The average molecular weight is 351 g/mol. The van der Waals surface area contributed by atoms with Gasteiger partial charge in [0.15, 0.2) is 0 Å². The lowest BCUT2D eigenvalue weighted by Gasteiger charge is -2.16. The molecule has 0 saturated carbocycles. The molecule has 0 radical (unpaired) electrons. The van der Waals surface area contributed by atoms with E-state index in [1.165, 1.54) is 0 Å². The molecule has 1 aromatic rings. The van der Waals surface area contributed by atoms with Gasteiger partial charge in [-0.25, -0.2) is 17.9 Å². The van der Waals surface area contributed by atoms with Crippen LogP contribution in [0.4, 0.5) is 0 Å². The molecule has 6 nitrogen and oxygen atoms in total. The molecule has 0 amide bonds. The first-order chi connectivity index (χ1) is 9.50. The van der Waals surface area contributed by atoms with E-state index in [0.29, 0.717) is 0 Å². The van der Waals surface area contributed by atoms with Crippen LogP contribution in [-0.4, -0.2) is 26.0 Å². The predicted molar refractivity (Wildman–Crippen MR) is 78.0 cm³/mol. The number of carboxylic acids is 1. The molecule has 0 heterocycles. The fraction of sp³-hybridized carbons (Fsp3) is 0.333. The Labute approximate surface area is 132 Å². The first kappa shape index (κ1) is 17.7. The van der Waals surface area contributed by atoms with Crippen molar-refractivity contribution in [3.8, 4) is 6.07 Å². The lowest BCUT2D eigenvalue weighted by atomic mass is 9.97. The van der Waals surface area contributed by atoms with Gasteiger partial charge in [-0.2, -0.15) is 5.26 Å².